The lowest BCUT2D eigenvalue weighted by Gasteiger charge is -2.12. The van der Waals surface area contributed by atoms with Gasteiger partial charge in [0, 0.05) is 36.3 Å². The van der Waals surface area contributed by atoms with Gasteiger partial charge in [0.1, 0.15) is 5.01 Å². The molecule has 2 aromatic rings. The zero-order valence-corrected chi connectivity index (χ0v) is 16.4. The van der Waals surface area contributed by atoms with Gasteiger partial charge in [-0.15, -0.1) is 11.3 Å². The third-order valence-corrected chi connectivity index (χ3v) is 4.46. The van der Waals surface area contributed by atoms with Crippen molar-refractivity contribution in [3.8, 4) is 0 Å². The first-order chi connectivity index (χ1) is 13.3. The molecule has 3 N–H and O–H groups in total. The number of carbonyl (C=O) groups excluding carboxylic acids is 1. The van der Waals surface area contributed by atoms with Crippen LogP contribution in [0.3, 0.4) is 0 Å². The van der Waals surface area contributed by atoms with Crippen LogP contribution in [0, 0.1) is 6.92 Å². The topological polar surface area (TPSA) is 78.4 Å². The van der Waals surface area contributed by atoms with Gasteiger partial charge in [-0.2, -0.15) is 13.2 Å². The van der Waals surface area contributed by atoms with Crippen LogP contribution >= 0.6 is 11.3 Å². The number of aromatic nitrogens is 1. The normalized spacial score (nSPS) is 12.0. The Morgan fingerprint density at radius 3 is 2.39 bits per heavy atom. The summed E-state index contributed by atoms with van der Waals surface area (Å²) in [6.45, 7) is 5.76. The van der Waals surface area contributed by atoms with Gasteiger partial charge in [0.15, 0.2) is 5.96 Å². The number of guanidine groups is 1. The number of rotatable bonds is 7. The Morgan fingerprint density at radius 2 is 1.82 bits per heavy atom. The first kappa shape index (κ1) is 21.7. The molecule has 1 amide bonds. The van der Waals surface area contributed by atoms with Crippen molar-refractivity contribution in [3.63, 3.8) is 0 Å². The zero-order valence-electron chi connectivity index (χ0n) is 15.6. The number of aryl methyl sites for hydroxylation is 1. The van der Waals surface area contributed by atoms with Crippen LogP contribution in [0.1, 0.15) is 32.7 Å². The molecule has 0 saturated heterocycles. The molecular formula is C18H22F3N5OS. The maximum Gasteiger partial charge on any atom is 0.416 e. The Kier molecular flexibility index (Phi) is 7.80. The number of amides is 1. The lowest BCUT2D eigenvalue weighted by atomic mass is 10.1. The fraction of sp³-hybridized carbons (Fsp3) is 0.389. The molecule has 0 saturated carbocycles. The van der Waals surface area contributed by atoms with Crippen LogP contribution in [0.15, 0.2) is 35.5 Å². The van der Waals surface area contributed by atoms with Gasteiger partial charge in [-0.05, 0) is 38.1 Å². The molecule has 0 fully saturated rings. The third-order valence-electron chi connectivity index (χ3n) is 3.56. The summed E-state index contributed by atoms with van der Waals surface area (Å²) in [4.78, 5) is 21.8. The van der Waals surface area contributed by atoms with Gasteiger partial charge in [0.25, 0.3) is 5.91 Å². The second-order valence-corrected chi connectivity index (χ2v) is 7.14. The highest BCUT2D eigenvalue weighted by molar-refractivity contribution is 7.11. The van der Waals surface area contributed by atoms with E-state index in [-0.39, 0.29) is 5.56 Å². The lowest BCUT2D eigenvalue weighted by molar-refractivity contribution is -0.137. The van der Waals surface area contributed by atoms with Gasteiger partial charge in [0.05, 0.1) is 12.1 Å². The Hall–Kier alpha value is -2.62. The standard InChI is InChI=1S/C18H22F3N5OS/c1-3-22-17(26-11-15-25-10-12(2)28-15)24-9-8-23-16(27)13-4-6-14(7-5-13)18(19,20)21/h4-7,10H,3,8-9,11H2,1-2H3,(H,23,27)(H2,22,24,26). The minimum absolute atomic E-state index is 0.174. The van der Waals surface area contributed by atoms with Gasteiger partial charge >= 0.3 is 6.18 Å². The van der Waals surface area contributed by atoms with Crippen LogP contribution in [0.25, 0.3) is 0 Å². The van der Waals surface area contributed by atoms with E-state index in [2.05, 4.69) is 25.9 Å². The summed E-state index contributed by atoms with van der Waals surface area (Å²) < 4.78 is 37.7. The first-order valence-electron chi connectivity index (χ1n) is 8.68. The van der Waals surface area contributed by atoms with Gasteiger partial charge in [0.2, 0.25) is 0 Å². The molecule has 0 aliphatic rings. The van der Waals surface area contributed by atoms with E-state index in [1.54, 1.807) is 17.5 Å². The third kappa shape index (κ3) is 6.84. The largest absolute Gasteiger partial charge is 0.416 e. The molecule has 1 aromatic heterocycles. The number of halogens is 3. The molecule has 0 aliphatic carbocycles. The number of thiazole rings is 1. The summed E-state index contributed by atoms with van der Waals surface area (Å²) in [5.41, 5.74) is -0.611. The summed E-state index contributed by atoms with van der Waals surface area (Å²) in [5.74, 6) is 0.162. The quantitative estimate of drug-likeness (QED) is 0.371. The predicted molar refractivity (Wildman–Crippen MR) is 103 cm³/mol. The van der Waals surface area contributed by atoms with E-state index in [0.717, 1.165) is 34.2 Å². The van der Waals surface area contributed by atoms with E-state index in [9.17, 15) is 18.0 Å². The molecule has 0 unspecified atom stereocenters. The van der Waals surface area contributed by atoms with E-state index < -0.39 is 17.6 Å². The maximum atomic E-state index is 12.6. The highest BCUT2D eigenvalue weighted by atomic mass is 32.1. The number of hydrogen-bond donors (Lipinski definition) is 3. The van der Waals surface area contributed by atoms with E-state index in [4.69, 9.17) is 0 Å². The summed E-state index contributed by atoms with van der Waals surface area (Å²) in [6.07, 6.45) is -2.62. The molecule has 152 valence electrons. The van der Waals surface area contributed by atoms with Gasteiger partial charge in [-0.25, -0.2) is 9.98 Å². The van der Waals surface area contributed by atoms with Crippen LogP contribution in [0.4, 0.5) is 13.2 Å². The van der Waals surface area contributed by atoms with E-state index in [0.29, 0.717) is 32.1 Å². The fourth-order valence-corrected chi connectivity index (χ4v) is 2.94. The molecular weight excluding hydrogens is 391 g/mol. The van der Waals surface area contributed by atoms with E-state index in [1.807, 2.05) is 13.8 Å². The first-order valence-corrected chi connectivity index (χ1v) is 9.50. The van der Waals surface area contributed by atoms with Crippen molar-refractivity contribution >= 4 is 23.2 Å². The zero-order chi connectivity index (χ0) is 20.6. The highest BCUT2D eigenvalue weighted by Crippen LogP contribution is 2.29. The highest BCUT2D eigenvalue weighted by Gasteiger charge is 2.30. The molecule has 1 aromatic carbocycles. The smallest absolute Gasteiger partial charge is 0.357 e. The SMILES string of the molecule is CCNC(=NCc1ncc(C)s1)NCCNC(=O)c1ccc(C(F)(F)F)cc1. The molecule has 0 bridgehead atoms. The molecule has 1 heterocycles. The van der Waals surface area contributed by atoms with E-state index in [1.165, 1.54) is 0 Å². The average Bonchev–Trinajstić information content (AvgIpc) is 3.07. The Labute approximate surface area is 165 Å². The lowest BCUT2D eigenvalue weighted by Crippen LogP contribution is -2.41. The second kappa shape index (κ2) is 10.1. The minimum atomic E-state index is -4.42. The number of benzene rings is 1. The fourth-order valence-electron chi connectivity index (χ4n) is 2.23. The van der Waals surface area contributed by atoms with Crippen molar-refractivity contribution in [3.05, 3.63) is 51.5 Å². The number of aliphatic imine (C=N–C) groups is 1. The van der Waals surface area contributed by atoms with Crippen molar-refractivity contribution in [2.45, 2.75) is 26.6 Å². The van der Waals surface area contributed by atoms with Crippen LogP contribution in [0.2, 0.25) is 0 Å². The van der Waals surface area contributed by atoms with Gasteiger partial charge in [-0.3, -0.25) is 4.79 Å². The molecule has 0 atom stereocenters. The Bertz CT molecular complexity index is 802. The number of alkyl halides is 3. The summed E-state index contributed by atoms with van der Waals surface area (Å²) in [7, 11) is 0. The minimum Gasteiger partial charge on any atom is -0.357 e. The molecule has 0 radical (unpaired) electrons. The number of nitrogens with one attached hydrogen (secondary N) is 3. The number of carbonyl (C=O) groups is 1. The van der Waals surface area contributed by atoms with Gasteiger partial charge in [-0.1, -0.05) is 0 Å². The molecule has 0 spiro atoms. The summed E-state index contributed by atoms with van der Waals surface area (Å²) in [5, 5.41) is 9.75. The Morgan fingerprint density at radius 1 is 1.14 bits per heavy atom. The van der Waals surface area contributed by atoms with Crippen LogP contribution in [-0.2, 0) is 12.7 Å². The summed E-state index contributed by atoms with van der Waals surface area (Å²) >= 11 is 1.58. The summed E-state index contributed by atoms with van der Waals surface area (Å²) in [6, 6.07) is 4.10. The van der Waals surface area contributed by atoms with Crippen LogP contribution in [-0.4, -0.2) is 36.5 Å². The van der Waals surface area contributed by atoms with E-state index >= 15 is 0 Å². The van der Waals surface area contributed by atoms with Gasteiger partial charge < -0.3 is 16.0 Å². The van der Waals surface area contributed by atoms with Crippen molar-refractivity contribution in [2.24, 2.45) is 4.99 Å². The van der Waals surface area contributed by atoms with Crippen molar-refractivity contribution in [1.29, 1.82) is 0 Å². The maximum absolute atomic E-state index is 12.6. The monoisotopic (exact) mass is 413 g/mol. The molecule has 28 heavy (non-hydrogen) atoms. The molecule has 2 rings (SSSR count). The molecule has 0 aliphatic heterocycles. The molecule has 6 nitrogen and oxygen atoms in total. The molecule has 10 heteroatoms. The number of hydrogen-bond acceptors (Lipinski definition) is 4. The van der Waals surface area contributed by atoms with Crippen molar-refractivity contribution < 1.29 is 18.0 Å². The van der Waals surface area contributed by atoms with Crippen LogP contribution < -0.4 is 16.0 Å². The van der Waals surface area contributed by atoms with Crippen molar-refractivity contribution in [1.82, 2.24) is 20.9 Å². The second-order valence-electron chi connectivity index (χ2n) is 5.82. The average molecular weight is 413 g/mol. The Balaban J connectivity index is 1.79. The predicted octanol–water partition coefficient (Wildman–Crippen LogP) is 2.96. The van der Waals surface area contributed by atoms with Crippen molar-refractivity contribution in [2.75, 3.05) is 19.6 Å². The number of nitrogens with zero attached hydrogens (tertiary/aromatic N) is 2. The van der Waals surface area contributed by atoms with Crippen LogP contribution in [0.5, 0.6) is 0 Å².